The molecule has 122 valence electrons. The van der Waals surface area contributed by atoms with E-state index >= 15 is 0 Å². The molecule has 23 heavy (non-hydrogen) atoms. The lowest BCUT2D eigenvalue weighted by molar-refractivity contribution is -0.126. The number of Topliss-reactive ketones (excluding diaryl/α,β-unsaturated/α-hetero) is 1. The Morgan fingerprint density at radius 3 is 2.78 bits per heavy atom. The molecular formula is C15H18N4O4. The summed E-state index contributed by atoms with van der Waals surface area (Å²) in [5.74, 6) is 0.204. The van der Waals surface area contributed by atoms with Crippen LogP contribution in [0.3, 0.4) is 0 Å². The van der Waals surface area contributed by atoms with E-state index in [4.69, 9.17) is 15.0 Å². The summed E-state index contributed by atoms with van der Waals surface area (Å²) in [6.07, 6.45) is -0.817. The first-order valence-electron chi connectivity index (χ1n) is 7.10. The molecule has 0 saturated carbocycles. The number of carbonyl (C=O) groups excluding carboxylic acids is 2. The van der Waals surface area contributed by atoms with E-state index in [-0.39, 0.29) is 30.4 Å². The molecule has 0 spiro atoms. The van der Waals surface area contributed by atoms with Gasteiger partial charge in [-0.1, -0.05) is 5.11 Å². The molecule has 1 aromatic carbocycles. The van der Waals surface area contributed by atoms with Crippen LogP contribution in [0.1, 0.15) is 31.1 Å². The van der Waals surface area contributed by atoms with E-state index in [0.29, 0.717) is 17.1 Å². The molecule has 1 heterocycles. The van der Waals surface area contributed by atoms with Crippen molar-refractivity contribution in [2.75, 3.05) is 13.2 Å². The zero-order valence-corrected chi connectivity index (χ0v) is 13.2. The summed E-state index contributed by atoms with van der Waals surface area (Å²) in [6.45, 7) is 5.40. The molecule has 0 saturated heterocycles. The van der Waals surface area contributed by atoms with Gasteiger partial charge in [0.15, 0.2) is 23.4 Å². The number of benzene rings is 1. The van der Waals surface area contributed by atoms with Gasteiger partial charge >= 0.3 is 0 Å². The molecule has 1 amide bonds. The summed E-state index contributed by atoms with van der Waals surface area (Å²) in [5, 5.41) is 6.07. The lowest BCUT2D eigenvalue weighted by Crippen LogP contribution is -2.41. The fourth-order valence-electron chi connectivity index (χ4n) is 1.99. The quantitative estimate of drug-likeness (QED) is 0.521. The Morgan fingerprint density at radius 1 is 1.39 bits per heavy atom. The Bertz CT molecular complexity index is 675. The number of carbonyl (C=O) groups is 2. The third kappa shape index (κ3) is 4.37. The molecular weight excluding hydrogens is 300 g/mol. The second-order valence-corrected chi connectivity index (χ2v) is 6.14. The van der Waals surface area contributed by atoms with E-state index < -0.39 is 6.10 Å². The topological polar surface area (TPSA) is 113 Å². The summed E-state index contributed by atoms with van der Waals surface area (Å²) in [4.78, 5) is 26.4. The summed E-state index contributed by atoms with van der Waals surface area (Å²) in [7, 11) is 0. The van der Waals surface area contributed by atoms with Crippen LogP contribution >= 0.6 is 0 Å². The van der Waals surface area contributed by atoms with Gasteiger partial charge in [-0.3, -0.25) is 9.59 Å². The lowest BCUT2D eigenvalue weighted by Gasteiger charge is -2.26. The molecule has 8 heteroatoms. The fourth-order valence-corrected chi connectivity index (χ4v) is 1.99. The Labute approximate surface area is 133 Å². The van der Waals surface area contributed by atoms with Gasteiger partial charge in [0.25, 0.3) is 5.91 Å². The molecule has 1 aliphatic rings. The van der Waals surface area contributed by atoms with Crippen molar-refractivity contribution >= 4 is 11.7 Å². The van der Waals surface area contributed by atoms with Gasteiger partial charge in [0.2, 0.25) is 0 Å². The molecule has 0 radical (unpaired) electrons. The van der Waals surface area contributed by atoms with E-state index in [0.717, 1.165) is 0 Å². The standard InChI is InChI=1S/C15H18N4O4/c1-15(2,3)18-14(21)9-4-5-11-12(6-9)22-8-13(23-11)10(20)7-17-19-16/h4-6,13H,7-8H2,1-3H3,(H,18,21). The third-order valence-corrected chi connectivity index (χ3v) is 3.00. The van der Waals surface area contributed by atoms with E-state index in [9.17, 15) is 9.59 Å². The molecule has 2 rings (SSSR count). The second kappa shape index (κ2) is 6.58. The van der Waals surface area contributed by atoms with E-state index in [1.807, 2.05) is 20.8 Å². The maximum atomic E-state index is 12.1. The van der Waals surface area contributed by atoms with Crippen molar-refractivity contribution in [3.05, 3.63) is 34.2 Å². The highest BCUT2D eigenvalue weighted by atomic mass is 16.6. The molecule has 1 aliphatic heterocycles. The average Bonchev–Trinajstić information content (AvgIpc) is 2.49. The van der Waals surface area contributed by atoms with Crippen LogP contribution in [0.5, 0.6) is 11.5 Å². The first kappa shape index (κ1) is 16.6. The predicted octanol–water partition coefficient (Wildman–Crippen LogP) is 2.23. The molecule has 1 aromatic rings. The number of ketones is 1. The molecule has 8 nitrogen and oxygen atoms in total. The van der Waals surface area contributed by atoms with Gasteiger partial charge in [0, 0.05) is 16.0 Å². The number of hydrogen-bond acceptors (Lipinski definition) is 5. The smallest absolute Gasteiger partial charge is 0.251 e. The zero-order chi connectivity index (χ0) is 17.0. The van der Waals surface area contributed by atoms with Crippen molar-refractivity contribution in [2.45, 2.75) is 32.4 Å². The Hall–Kier alpha value is -2.73. The minimum atomic E-state index is -0.817. The second-order valence-electron chi connectivity index (χ2n) is 6.14. The predicted molar refractivity (Wildman–Crippen MR) is 82.6 cm³/mol. The number of azide groups is 1. The van der Waals surface area contributed by atoms with Crippen LogP contribution in [0, 0.1) is 0 Å². The van der Waals surface area contributed by atoms with Crippen LogP contribution in [-0.4, -0.2) is 36.5 Å². The average molecular weight is 318 g/mol. The monoisotopic (exact) mass is 318 g/mol. The third-order valence-electron chi connectivity index (χ3n) is 3.00. The molecule has 0 fully saturated rings. The highest BCUT2D eigenvalue weighted by Crippen LogP contribution is 2.32. The number of nitrogens with one attached hydrogen (secondary N) is 1. The summed E-state index contributed by atoms with van der Waals surface area (Å²) in [6, 6.07) is 4.76. The van der Waals surface area contributed by atoms with Crippen molar-refractivity contribution in [2.24, 2.45) is 5.11 Å². The number of fused-ring (bicyclic) bond motifs is 1. The van der Waals surface area contributed by atoms with Gasteiger partial charge in [0.05, 0.1) is 6.54 Å². The van der Waals surface area contributed by atoms with Gasteiger partial charge in [-0.15, -0.1) is 0 Å². The molecule has 1 N–H and O–H groups in total. The molecule has 0 aromatic heterocycles. The van der Waals surface area contributed by atoms with Gasteiger partial charge in [-0.25, -0.2) is 0 Å². The summed E-state index contributed by atoms with van der Waals surface area (Å²) < 4.78 is 11.0. The molecule has 1 atom stereocenters. The highest BCUT2D eigenvalue weighted by molar-refractivity contribution is 5.95. The van der Waals surface area contributed by atoms with Gasteiger partial charge in [0.1, 0.15) is 6.61 Å². The molecule has 0 bridgehead atoms. The summed E-state index contributed by atoms with van der Waals surface area (Å²) in [5.41, 5.74) is 8.33. The van der Waals surface area contributed by atoms with Gasteiger partial charge < -0.3 is 14.8 Å². The van der Waals surface area contributed by atoms with E-state index in [1.54, 1.807) is 18.2 Å². The lowest BCUT2D eigenvalue weighted by atomic mass is 10.1. The molecule has 1 unspecified atom stereocenters. The Kier molecular flexibility index (Phi) is 4.76. The minimum absolute atomic E-state index is 0.0110. The number of amides is 1. The maximum absolute atomic E-state index is 12.1. The van der Waals surface area contributed by atoms with Gasteiger partial charge in [-0.05, 0) is 44.5 Å². The fraction of sp³-hybridized carbons (Fsp3) is 0.467. The Balaban J connectivity index is 2.10. The normalized spacial score (nSPS) is 16.2. The first-order chi connectivity index (χ1) is 10.8. The van der Waals surface area contributed by atoms with Crippen LogP contribution in [-0.2, 0) is 4.79 Å². The van der Waals surface area contributed by atoms with Gasteiger partial charge in [-0.2, -0.15) is 0 Å². The zero-order valence-electron chi connectivity index (χ0n) is 13.2. The molecule has 0 aliphatic carbocycles. The largest absolute Gasteiger partial charge is 0.485 e. The Morgan fingerprint density at radius 2 is 2.13 bits per heavy atom. The van der Waals surface area contributed by atoms with Crippen LogP contribution < -0.4 is 14.8 Å². The van der Waals surface area contributed by atoms with Crippen molar-refractivity contribution in [3.8, 4) is 11.5 Å². The highest BCUT2D eigenvalue weighted by Gasteiger charge is 2.27. The van der Waals surface area contributed by atoms with Crippen LogP contribution in [0.15, 0.2) is 23.3 Å². The SMILES string of the molecule is CC(C)(C)NC(=O)c1ccc2c(c1)OCC(C(=O)CN=[N+]=[N-])O2. The maximum Gasteiger partial charge on any atom is 0.251 e. The number of rotatable bonds is 4. The minimum Gasteiger partial charge on any atom is -0.485 e. The number of hydrogen-bond donors (Lipinski definition) is 1. The van der Waals surface area contributed by atoms with Crippen molar-refractivity contribution in [3.63, 3.8) is 0 Å². The van der Waals surface area contributed by atoms with E-state index in [1.165, 1.54) is 0 Å². The number of ether oxygens (including phenoxy) is 2. The number of nitrogens with zero attached hydrogens (tertiary/aromatic N) is 3. The van der Waals surface area contributed by atoms with Crippen molar-refractivity contribution in [1.29, 1.82) is 0 Å². The van der Waals surface area contributed by atoms with Crippen molar-refractivity contribution in [1.82, 2.24) is 5.32 Å². The first-order valence-corrected chi connectivity index (χ1v) is 7.10. The summed E-state index contributed by atoms with van der Waals surface area (Å²) >= 11 is 0. The van der Waals surface area contributed by atoms with Crippen molar-refractivity contribution < 1.29 is 19.1 Å². The van der Waals surface area contributed by atoms with Crippen LogP contribution in [0.4, 0.5) is 0 Å². The van der Waals surface area contributed by atoms with E-state index in [2.05, 4.69) is 15.3 Å². The van der Waals surface area contributed by atoms with Crippen LogP contribution in [0.2, 0.25) is 0 Å². The van der Waals surface area contributed by atoms with Crippen LogP contribution in [0.25, 0.3) is 10.4 Å².